The summed E-state index contributed by atoms with van der Waals surface area (Å²) in [5, 5.41) is 3.00. The highest BCUT2D eigenvalue weighted by atomic mass is 19.4. The molecule has 2 rings (SSSR count). The molecule has 2 aromatic rings. The van der Waals surface area contributed by atoms with Crippen LogP contribution in [-0.4, -0.2) is 27.3 Å². The number of halogens is 3. The first-order valence-corrected chi connectivity index (χ1v) is 6.26. The van der Waals surface area contributed by atoms with Crippen LogP contribution in [0.25, 0.3) is 0 Å². The maximum atomic E-state index is 12.1. The lowest BCUT2D eigenvalue weighted by Gasteiger charge is -2.08. The van der Waals surface area contributed by atoms with Crippen molar-refractivity contribution in [3.8, 4) is 0 Å². The summed E-state index contributed by atoms with van der Waals surface area (Å²) in [4.78, 5) is 8.05. The molecule has 0 aromatic carbocycles. The van der Waals surface area contributed by atoms with Crippen molar-refractivity contribution in [3.63, 3.8) is 0 Å². The van der Waals surface area contributed by atoms with E-state index in [1.54, 1.807) is 0 Å². The molecule has 2 aromatic heterocycles. The van der Waals surface area contributed by atoms with E-state index in [0.29, 0.717) is 18.2 Å². The van der Waals surface area contributed by atoms with Gasteiger partial charge in [-0.2, -0.15) is 13.2 Å². The Morgan fingerprint density at radius 2 is 1.95 bits per heavy atom. The summed E-state index contributed by atoms with van der Waals surface area (Å²) < 4.78 is 38.4. The van der Waals surface area contributed by atoms with E-state index in [1.807, 2.05) is 29.1 Å². The lowest BCUT2D eigenvalue weighted by atomic mass is 10.2. The Bertz CT molecular complexity index is 523. The molecule has 1 N–H and O–H groups in total. The summed E-state index contributed by atoms with van der Waals surface area (Å²) in [5.41, 5.74) is 0.390. The van der Waals surface area contributed by atoms with Gasteiger partial charge in [0.1, 0.15) is 0 Å². The minimum absolute atomic E-state index is 0.127. The summed E-state index contributed by atoms with van der Waals surface area (Å²) >= 11 is 0. The number of aromatic nitrogens is 3. The summed E-state index contributed by atoms with van der Waals surface area (Å²) in [6, 6.07) is 5.35. The van der Waals surface area contributed by atoms with Gasteiger partial charge in [0.25, 0.3) is 0 Å². The maximum Gasteiger partial charge on any atom is 0.389 e. The van der Waals surface area contributed by atoms with E-state index < -0.39 is 12.6 Å². The van der Waals surface area contributed by atoms with Crippen LogP contribution in [0.4, 0.5) is 19.1 Å². The first-order chi connectivity index (χ1) is 9.53. The van der Waals surface area contributed by atoms with Gasteiger partial charge >= 0.3 is 6.18 Å². The molecule has 108 valence electrons. The number of hydrogen-bond acceptors (Lipinski definition) is 3. The van der Waals surface area contributed by atoms with E-state index in [0.717, 1.165) is 6.54 Å². The van der Waals surface area contributed by atoms with Gasteiger partial charge in [-0.25, -0.2) is 9.97 Å². The fourth-order valence-corrected chi connectivity index (χ4v) is 1.71. The van der Waals surface area contributed by atoms with Crippen LogP contribution in [0, 0.1) is 0 Å². The second-order valence-electron chi connectivity index (χ2n) is 4.33. The minimum atomic E-state index is -4.16. The molecular weight excluding hydrogens is 269 g/mol. The molecule has 0 aliphatic carbocycles. The molecule has 0 spiro atoms. The van der Waals surface area contributed by atoms with Gasteiger partial charge in [0.2, 0.25) is 5.95 Å². The largest absolute Gasteiger partial charge is 0.389 e. The SMILES string of the molecule is FC(F)(F)CCc1ccnc(NCCn2cccc2)n1. The van der Waals surface area contributed by atoms with Crippen molar-refractivity contribution in [2.75, 3.05) is 11.9 Å². The Morgan fingerprint density at radius 3 is 2.65 bits per heavy atom. The highest BCUT2D eigenvalue weighted by molar-refractivity contribution is 5.24. The molecular formula is C13H15F3N4. The molecule has 4 nitrogen and oxygen atoms in total. The average molecular weight is 284 g/mol. The Morgan fingerprint density at radius 1 is 1.20 bits per heavy atom. The molecule has 0 atom stereocenters. The zero-order chi connectivity index (χ0) is 14.4. The lowest BCUT2D eigenvalue weighted by molar-refractivity contribution is -0.134. The normalized spacial score (nSPS) is 11.6. The van der Waals surface area contributed by atoms with Crippen molar-refractivity contribution in [1.82, 2.24) is 14.5 Å². The number of aryl methyl sites for hydroxylation is 1. The molecule has 0 aliphatic rings. The molecule has 0 saturated carbocycles. The molecule has 0 saturated heterocycles. The van der Waals surface area contributed by atoms with Gasteiger partial charge in [0.15, 0.2) is 0 Å². The highest BCUT2D eigenvalue weighted by Crippen LogP contribution is 2.21. The van der Waals surface area contributed by atoms with Gasteiger partial charge in [0, 0.05) is 43.8 Å². The third kappa shape index (κ3) is 4.91. The standard InChI is InChI=1S/C13H15F3N4/c14-13(15,16)5-3-11-4-6-17-12(19-11)18-7-10-20-8-1-2-9-20/h1-2,4,6,8-9H,3,5,7,10H2,(H,17,18,19). The number of anilines is 1. The Hall–Kier alpha value is -2.05. The zero-order valence-corrected chi connectivity index (χ0v) is 10.8. The van der Waals surface area contributed by atoms with Gasteiger partial charge in [-0.1, -0.05) is 0 Å². The van der Waals surface area contributed by atoms with E-state index in [2.05, 4.69) is 15.3 Å². The van der Waals surface area contributed by atoms with E-state index in [-0.39, 0.29) is 6.42 Å². The van der Waals surface area contributed by atoms with Crippen LogP contribution in [0.3, 0.4) is 0 Å². The monoisotopic (exact) mass is 284 g/mol. The van der Waals surface area contributed by atoms with E-state index in [1.165, 1.54) is 12.3 Å². The molecule has 0 bridgehead atoms. The third-order valence-electron chi connectivity index (χ3n) is 2.70. The van der Waals surface area contributed by atoms with Crippen molar-refractivity contribution in [2.24, 2.45) is 0 Å². The van der Waals surface area contributed by atoms with Crippen molar-refractivity contribution >= 4 is 5.95 Å². The van der Waals surface area contributed by atoms with Crippen LogP contribution in [0.2, 0.25) is 0 Å². The average Bonchev–Trinajstić information content (AvgIpc) is 2.89. The van der Waals surface area contributed by atoms with E-state index >= 15 is 0 Å². The number of rotatable bonds is 6. The molecule has 2 heterocycles. The Balaban J connectivity index is 1.83. The smallest absolute Gasteiger partial charge is 0.353 e. The first kappa shape index (κ1) is 14.4. The second-order valence-corrected chi connectivity index (χ2v) is 4.33. The van der Waals surface area contributed by atoms with Crippen molar-refractivity contribution in [2.45, 2.75) is 25.6 Å². The third-order valence-corrected chi connectivity index (χ3v) is 2.70. The van der Waals surface area contributed by atoms with Crippen LogP contribution >= 0.6 is 0 Å². The van der Waals surface area contributed by atoms with Gasteiger partial charge in [-0.05, 0) is 24.6 Å². The molecule has 7 heteroatoms. The fraction of sp³-hybridized carbons (Fsp3) is 0.385. The van der Waals surface area contributed by atoms with Crippen LogP contribution in [0.15, 0.2) is 36.8 Å². The van der Waals surface area contributed by atoms with Crippen LogP contribution in [0.1, 0.15) is 12.1 Å². The van der Waals surface area contributed by atoms with Gasteiger partial charge < -0.3 is 9.88 Å². The fourth-order valence-electron chi connectivity index (χ4n) is 1.71. The van der Waals surface area contributed by atoms with E-state index in [9.17, 15) is 13.2 Å². The summed E-state index contributed by atoms with van der Waals surface area (Å²) in [6.45, 7) is 1.35. The van der Waals surface area contributed by atoms with Gasteiger partial charge in [-0.15, -0.1) is 0 Å². The molecule has 0 aliphatic heterocycles. The number of nitrogens with zero attached hydrogens (tertiary/aromatic N) is 3. The van der Waals surface area contributed by atoms with E-state index in [4.69, 9.17) is 0 Å². The van der Waals surface area contributed by atoms with Crippen LogP contribution in [-0.2, 0) is 13.0 Å². The van der Waals surface area contributed by atoms with Crippen molar-refractivity contribution in [1.29, 1.82) is 0 Å². The van der Waals surface area contributed by atoms with Gasteiger partial charge in [0.05, 0.1) is 0 Å². The zero-order valence-electron chi connectivity index (χ0n) is 10.8. The quantitative estimate of drug-likeness (QED) is 0.887. The summed E-state index contributed by atoms with van der Waals surface area (Å²) in [7, 11) is 0. The molecule has 0 amide bonds. The van der Waals surface area contributed by atoms with Gasteiger partial charge in [-0.3, -0.25) is 0 Å². The maximum absolute atomic E-state index is 12.1. The molecule has 0 radical (unpaired) electrons. The molecule has 0 fully saturated rings. The lowest BCUT2D eigenvalue weighted by Crippen LogP contribution is -2.13. The highest BCUT2D eigenvalue weighted by Gasteiger charge is 2.26. The predicted octanol–water partition coefficient (Wildman–Crippen LogP) is 2.89. The van der Waals surface area contributed by atoms with Crippen LogP contribution in [0.5, 0.6) is 0 Å². The second kappa shape index (κ2) is 6.40. The number of nitrogens with one attached hydrogen (secondary N) is 1. The van der Waals surface area contributed by atoms with Crippen molar-refractivity contribution in [3.05, 3.63) is 42.5 Å². The predicted molar refractivity (Wildman–Crippen MR) is 69.3 cm³/mol. The summed E-state index contributed by atoms with van der Waals surface area (Å²) in [6.07, 6.45) is 0.180. The van der Waals surface area contributed by atoms with Crippen molar-refractivity contribution < 1.29 is 13.2 Å². The Labute approximate surface area is 114 Å². The minimum Gasteiger partial charge on any atom is -0.353 e. The van der Waals surface area contributed by atoms with Crippen LogP contribution < -0.4 is 5.32 Å². The first-order valence-electron chi connectivity index (χ1n) is 6.26. The molecule has 0 unspecified atom stereocenters. The number of alkyl halides is 3. The number of hydrogen-bond donors (Lipinski definition) is 1. The topological polar surface area (TPSA) is 42.7 Å². The summed E-state index contributed by atoms with van der Waals surface area (Å²) in [5.74, 6) is 0.358. The molecule has 20 heavy (non-hydrogen) atoms. The Kier molecular flexibility index (Phi) is 4.60.